The molecule has 8 nitrogen and oxygen atoms in total. The molecule has 0 bridgehead atoms. The topological polar surface area (TPSA) is 101 Å². The van der Waals surface area contributed by atoms with Crippen molar-refractivity contribution in [1.82, 2.24) is 0 Å². The number of methoxy groups -OCH3 is 1. The molecule has 3 rings (SSSR count). The highest BCUT2D eigenvalue weighted by molar-refractivity contribution is 6.22. The van der Waals surface area contributed by atoms with E-state index in [-0.39, 0.29) is 16.8 Å². The van der Waals surface area contributed by atoms with Crippen molar-refractivity contribution in [2.24, 2.45) is 15.0 Å². The standard InChI is InChI=1S/C18H23N5O3/c1-12-16(23(24)25)17(20-14-8-10-15(26-2)11-9-14)22-18(19-12)21-13-6-4-3-5-7-13/h8-11,13,16H,3-7H2,1-2H3,(H,20,21,22). The molecule has 1 aromatic carbocycles. The van der Waals surface area contributed by atoms with Gasteiger partial charge in [0.15, 0.2) is 5.84 Å². The molecule has 1 fully saturated rings. The summed E-state index contributed by atoms with van der Waals surface area (Å²) >= 11 is 0. The van der Waals surface area contributed by atoms with Crippen LogP contribution in [0.3, 0.4) is 0 Å². The van der Waals surface area contributed by atoms with Gasteiger partial charge in [-0.1, -0.05) is 19.3 Å². The molecule has 1 saturated carbocycles. The zero-order valence-corrected chi connectivity index (χ0v) is 15.0. The molecule has 0 radical (unpaired) electrons. The van der Waals surface area contributed by atoms with Crippen molar-refractivity contribution in [2.75, 3.05) is 12.4 Å². The zero-order valence-electron chi connectivity index (χ0n) is 15.0. The number of amidine groups is 1. The number of nitrogens with zero attached hydrogens (tertiary/aromatic N) is 4. The van der Waals surface area contributed by atoms with Crippen LogP contribution in [0, 0.1) is 10.1 Å². The summed E-state index contributed by atoms with van der Waals surface area (Å²) in [4.78, 5) is 24.4. The van der Waals surface area contributed by atoms with Gasteiger partial charge in [0, 0.05) is 10.6 Å². The molecule has 0 spiro atoms. The Labute approximate surface area is 152 Å². The number of benzene rings is 1. The van der Waals surface area contributed by atoms with Gasteiger partial charge in [0.2, 0.25) is 5.96 Å². The first-order chi connectivity index (χ1) is 12.6. The molecule has 138 valence electrons. The monoisotopic (exact) mass is 357 g/mol. The lowest BCUT2D eigenvalue weighted by atomic mass is 9.96. The Hall–Kier alpha value is -2.77. The van der Waals surface area contributed by atoms with Gasteiger partial charge in [0.1, 0.15) is 11.5 Å². The second-order valence-electron chi connectivity index (χ2n) is 6.51. The van der Waals surface area contributed by atoms with Gasteiger partial charge in [-0.3, -0.25) is 10.1 Å². The van der Waals surface area contributed by atoms with E-state index in [2.05, 4.69) is 20.3 Å². The molecule has 1 aliphatic heterocycles. The van der Waals surface area contributed by atoms with Crippen LogP contribution < -0.4 is 10.1 Å². The molecule has 2 aliphatic rings. The summed E-state index contributed by atoms with van der Waals surface area (Å²) in [7, 11) is 1.59. The number of nitro groups is 1. The first-order valence-electron chi connectivity index (χ1n) is 8.83. The number of hydrogen-bond acceptors (Lipinski definition) is 5. The Morgan fingerprint density at radius 2 is 1.88 bits per heavy atom. The highest BCUT2D eigenvalue weighted by Crippen LogP contribution is 2.22. The Morgan fingerprint density at radius 3 is 2.50 bits per heavy atom. The van der Waals surface area contributed by atoms with Gasteiger partial charge in [-0.15, -0.1) is 0 Å². The summed E-state index contributed by atoms with van der Waals surface area (Å²) in [5, 5.41) is 14.6. The highest BCUT2D eigenvalue weighted by atomic mass is 16.6. The van der Waals surface area contributed by atoms with E-state index in [0.717, 1.165) is 25.7 Å². The maximum atomic E-state index is 11.5. The van der Waals surface area contributed by atoms with Crippen LogP contribution in [-0.4, -0.2) is 41.6 Å². The van der Waals surface area contributed by atoms with E-state index in [0.29, 0.717) is 23.1 Å². The lowest BCUT2D eigenvalue weighted by Gasteiger charge is -2.20. The Morgan fingerprint density at radius 1 is 1.19 bits per heavy atom. The van der Waals surface area contributed by atoms with Gasteiger partial charge in [0.25, 0.3) is 0 Å². The van der Waals surface area contributed by atoms with E-state index < -0.39 is 6.04 Å². The second-order valence-corrected chi connectivity index (χ2v) is 6.51. The molecule has 1 atom stereocenters. The lowest BCUT2D eigenvalue weighted by Crippen LogP contribution is -2.43. The maximum Gasteiger partial charge on any atom is 0.307 e. The fourth-order valence-electron chi connectivity index (χ4n) is 3.21. The SMILES string of the molecule is COc1ccc(NC2=NC(=NC3CCCCC3)N=C(C)C2[N+](=O)[O-])cc1. The van der Waals surface area contributed by atoms with Gasteiger partial charge >= 0.3 is 6.04 Å². The minimum Gasteiger partial charge on any atom is -0.497 e. The third-order valence-electron chi connectivity index (χ3n) is 4.60. The number of nitrogens with one attached hydrogen (secondary N) is 1. The van der Waals surface area contributed by atoms with Crippen molar-refractivity contribution >= 4 is 23.2 Å². The average Bonchev–Trinajstić information content (AvgIpc) is 2.62. The summed E-state index contributed by atoms with van der Waals surface area (Å²) < 4.78 is 5.13. The van der Waals surface area contributed by atoms with Crippen LogP contribution in [0.2, 0.25) is 0 Å². The summed E-state index contributed by atoms with van der Waals surface area (Å²) in [5.74, 6) is 1.27. The molecule has 1 heterocycles. The molecular weight excluding hydrogens is 334 g/mol. The van der Waals surface area contributed by atoms with Crippen LogP contribution in [0.4, 0.5) is 5.69 Å². The van der Waals surface area contributed by atoms with E-state index in [1.165, 1.54) is 6.42 Å². The lowest BCUT2D eigenvalue weighted by molar-refractivity contribution is -0.484. The molecule has 1 unspecified atom stereocenters. The van der Waals surface area contributed by atoms with Gasteiger partial charge in [0.05, 0.1) is 13.2 Å². The van der Waals surface area contributed by atoms with Crippen molar-refractivity contribution in [3.05, 3.63) is 34.4 Å². The number of aliphatic imine (C=N–C) groups is 3. The fraction of sp³-hybridized carbons (Fsp3) is 0.500. The number of hydrogen-bond donors (Lipinski definition) is 1. The minimum atomic E-state index is -1.09. The number of rotatable bonds is 4. The van der Waals surface area contributed by atoms with E-state index in [1.807, 2.05) is 0 Å². The largest absolute Gasteiger partial charge is 0.497 e. The molecule has 8 heteroatoms. The predicted molar refractivity (Wildman–Crippen MR) is 102 cm³/mol. The van der Waals surface area contributed by atoms with Gasteiger partial charge < -0.3 is 10.1 Å². The van der Waals surface area contributed by atoms with E-state index in [4.69, 9.17) is 4.74 Å². The molecule has 1 aliphatic carbocycles. The molecule has 26 heavy (non-hydrogen) atoms. The zero-order chi connectivity index (χ0) is 18.5. The van der Waals surface area contributed by atoms with E-state index in [9.17, 15) is 10.1 Å². The summed E-state index contributed by atoms with van der Waals surface area (Å²) in [6.45, 7) is 1.65. The Balaban J connectivity index is 1.86. The van der Waals surface area contributed by atoms with Crippen LogP contribution in [0.25, 0.3) is 0 Å². The number of anilines is 1. The summed E-state index contributed by atoms with van der Waals surface area (Å²) in [6.07, 6.45) is 5.59. The molecule has 1 N–H and O–H groups in total. The van der Waals surface area contributed by atoms with Crippen molar-refractivity contribution in [3.63, 3.8) is 0 Å². The Bertz CT molecular complexity index is 749. The van der Waals surface area contributed by atoms with Crippen LogP contribution >= 0.6 is 0 Å². The average molecular weight is 357 g/mol. The third kappa shape index (κ3) is 4.25. The number of guanidine groups is 1. The number of ether oxygens (including phenoxy) is 1. The van der Waals surface area contributed by atoms with Gasteiger partial charge in [-0.05, 0) is 44.0 Å². The first kappa shape index (κ1) is 18.0. The van der Waals surface area contributed by atoms with Crippen molar-refractivity contribution in [2.45, 2.75) is 51.1 Å². The first-order valence-corrected chi connectivity index (χ1v) is 8.83. The normalized spacial score (nSPS) is 22.5. The molecular formula is C18H23N5O3. The van der Waals surface area contributed by atoms with E-state index >= 15 is 0 Å². The minimum absolute atomic E-state index is 0.202. The molecule has 0 aromatic heterocycles. The second kappa shape index (κ2) is 8.07. The maximum absolute atomic E-state index is 11.5. The van der Waals surface area contributed by atoms with Crippen LogP contribution in [0.1, 0.15) is 39.0 Å². The summed E-state index contributed by atoms with van der Waals surface area (Å²) in [6, 6.07) is 6.25. The smallest absolute Gasteiger partial charge is 0.307 e. The van der Waals surface area contributed by atoms with Crippen molar-refractivity contribution in [3.8, 4) is 5.75 Å². The highest BCUT2D eigenvalue weighted by Gasteiger charge is 2.35. The fourth-order valence-corrected chi connectivity index (χ4v) is 3.21. The van der Waals surface area contributed by atoms with Crippen molar-refractivity contribution in [1.29, 1.82) is 0 Å². The Kier molecular flexibility index (Phi) is 5.60. The third-order valence-corrected chi connectivity index (χ3v) is 4.60. The van der Waals surface area contributed by atoms with E-state index in [1.54, 1.807) is 38.3 Å². The molecule has 0 saturated heterocycles. The van der Waals surface area contributed by atoms with Crippen LogP contribution in [0.15, 0.2) is 39.2 Å². The summed E-state index contributed by atoms with van der Waals surface area (Å²) in [5.41, 5.74) is 1.08. The molecule has 0 amide bonds. The molecule has 1 aromatic rings. The van der Waals surface area contributed by atoms with Crippen molar-refractivity contribution < 1.29 is 9.66 Å². The van der Waals surface area contributed by atoms with Gasteiger partial charge in [-0.25, -0.2) is 9.98 Å². The predicted octanol–water partition coefficient (Wildman–Crippen LogP) is 3.31. The van der Waals surface area contributed by atoms with Crippen LogP contribution in [0.5, 0.6) is 5.75 Å². The van der Waals surface area contributed by atoms with Gasteiger partial charge in [-0.2, -0.15) is 4.99 Å². The van der Waals surface area contributed by atoms with Crippen LogP contribution in [-0.2, 0) is 0 Å². The quantitative estimate of drug-likeness (QED) is 0.659.